The van der Waals surface area contributed by atoms with E-state index >= 15 is 0 Å². The number of primary sulfonamides is 1. The monoisotopic (exact) mass is 397 g/mol. The predicted octanol–water partition coefficient (Wildman–Crippen LogP) is 1.14. The number of aromatic nitrogens is 4. The maximum absolute atomic E-state index is 13.9. The van der Waals surface area contributed by atoms with Crippen molar-refractivity contribution in [2.24, 2.45) is 12.2 Å². The van der Waals surface area contributed by atoms with Crippen LogP contribution in [0.2, 0.25) is 0 Å². The highest BCUT2D eigenvalue weighted by Crippen LogP contribution is 2.52. The molecule has 2 aromatic heterocycles. The molecule has 0 amide bonds. The summed E-state index contributed by atoms with van der Waals surface area (Å²) in [5, 5.41) is 14.3. The lowest BCUT2D eigenvalue weighted by Gasteiger charge is -2.17. The minimum Gasteiger partial charge on any atom is -0.295 e. The molecule has 0 radical (unpaired) electrons. The van der Waals surface area contributed by atoms with E-state index < -0.39 is 27.8 Å². The van der Waals surface area contributed by atoms with E-state index in [-0.39, 0.29) is 10.5 Å². The molecule has 0 unspecified atom stereocenters. The molecule has 11 heteroatoms. The fourth-order valence-electron chi connectivity index (χ4n) is 3.31. The van der Waals surface area contributed by atoms with E-state index in [1.54, 1.807) is 14.0 Å². The van der Waals surface area contributed by atoms with Gasteiger partial charge in [0, 0.05) is 18.0 Å². The number of fused-ring (bicyclic) bond motifs is 1. The number of aryl methyl sites for hydroxylation is 2. The molecule has 1 aliphatic carbocycles. The summed E-state index contributed by atoms with van der Waals surface area (Å²) in [6, 6.07) is 2.86. The van der Waals surface area contributed by atoms with E-state index in [0.717, 1.165) is 0 Å². The molecule has 1 saturated carbocycles. The van der Waals surface area contributed by atoms with E-state index in [1.165, 1.54) is 32.6 Å². The molecule has 8 nitrogen and oxygen atoms in total. The fraction of sp³-hybridized carbons (Fsp3) is 0.400. The van der Waals surface area contributed by atoms with Gasteiger partial charge in [0.1, 0.15) is 5.01 Å². The number of nitrogens with zero attached hydrogens (tertiary/aromatic N) is 4. The van der Waals surface area contributed by atoms with Gasteiger partial charge < -0.3 is 0 Å². The average molecular weight is 397 g/mol. The van der Waals surface area contributed by atoms with Crippen molar-refractivity contribution in [3.63, 3.8) is 0 Å². The summed E-state index contributed by atoms with van der Waals surface area (Å²) in [4.78, 5) is 12.7. The number of hydrogen-bond donors (Lipinski definition) is 1. The molecule has 26 heavy (non-hydrogen) atoms. The molecule has 138 valence electrons. The first-order valence-corrected chi connectivity index (χ1v) is 10.2. The second-order valence-electron chi connectivity index (χ2n) is 6.55. The summed E-state index contributed by atoms with van der Waals surface area (Å²) >= 11 is 1.20. The van der Waals surface area contributed by atoms with E-state index in [0.29, 0.717) is 34.0 Å². The van der Waals surface area contributed by atoms with Crippen molar-refractivity contribution in [3.05, 3.63) is 33.2 Å². The summed E-state index contributed by atoms with van der Waals surface area (Å²) in [5.41, 5.74) is -0.277. The Bertz CT molecular complexity index is 1200. The van der Waals surface area contributed by atoms with Crippen LogP contribution >= 0.6 is 11.3 Å². The second-order valence-corrected chi connectivity index (χ2v) is 9.24. The van der Waals surface area contributed by atoms with Crippen LogP contribution < -0.4 is 10.8 Å². The molecule has 0 aliphatic heterocycles. The molecule has 0 bridgehead atoms. The number of rotatable bonds is 4. The summed E-state index contributed by atoms with van der Waals surface area (Å²) in [6.07, 6.45) is 0.979. The standard InChI is InChI=1S/C15H16FN5O3S2/c1-8-18-19-13(25-8)21-12-9(20(2)14(21)22)3-4-10(26(17,23)24)11(12)15(7-16)5-6-15/h3-4H,5-7H2,1-2H3,(H2,17,23,24). The van der Waals surface area contributed by atoms with Crippen molar-refractivity contribution in [2.45, 2.75) is 30.1 Å². The van der Waals surface area contributed by atoms with Gasteiger partial charge in [0.05, 0.1) is 22.6 Å². The minimum absolute atomic E-state index is 0.152. The zero-order valence-electron chi connectivity index (χ0n) is 14.1. The number of sulfonamides is 1. The SMILES string of the molecule is Cc1nnc(-n2c(=O)n(C)c3ccc(S(N)(=O)=O)c(C4(CF)CC4)c32)s1. The van der Waals surface area contributed by atoms with Crippen LogP contribution in [0.3, 0.4) is 0 Å². The Labute approximate surface area is 152 Å². The number of halogens is 1. The first-order valence-electron chi connectivity index (χ1n) is 7.84. The van der Waals surface area contributed by atoms with Crippen LogP contribution in [0.5, 0.6) is 0 Å². The predicted molar refractivity (Wildman–Crippen MR) is 95.0 cm³/mol. The van der Waals surface area contributed by atoms with Crippen LogP contribution in [-0.4, -0.2) is 34.4 Å². The van der Waals surface area contributed by atoms with E-state index in [4.69, 9.17) is 5.14 Å². The van der Waals surface area contributed by atoms with E-state index in [9.17, 15) is 17.6 Å². The van der Waals surface area contributed by atoms with Gasteiger partial charge in [-0.2, -0.15) is 0 Å². The second kappa shape index (κ2) is 5.44. The van der Waals surface area contributed by atoms with Crippen LogP contribution in [0.4, 0.5) is 4.39 Å². The van der Waals surface area contributed by atoms with Crippen LogP contribution in [0, 0.1) is 6.92 Å². The minimum atomic E-state index is -4.10. The van der Waals surface area contributed by atoms with Crippen molar-refractivity contribution in [2.75, 3.05) is 6.67 Å². The summed E-state index contributed by atoms with van der Waals surface area (Å²) < 4.78 is 40.9. The van der Waals surface area contributed by atoms with Gasteiger partial charge in [-0.25, -0.2) is 22.9 Å². The lowest BCUT2D eigenvalue weighted by Crippen LogP contribution is -2.23. The highest BCUT2D eigenvalue weighted by atomic mass is 32.2. The van der Waals surface area contributed by atoms with Crippen molar-refractivity contribution in [1.29, 1.82) is 0 Å². The number of nitrogens with two attached hydrogens (primary N) is 1. The first kappa shape index (κ1) is 17.3. The Balaban J connectivity index is 2.23. The van der Waals surface area contributed by atoms with Crippen molar-refractivity contribution in [3.8, 4) is 5.13 Å². The van der Waals surface area contributed by atoms with Crippen LogP contribution in [0.25, 0.3) is 16.2 Å². The molecule has 0 atom stereocenters. The Morgan fingerprint density at radius 3 is 2.54 bits per heavy atom. The third-order valence-corrected chi connectivity index (χ3v) is 6.61. The maximum atomic E-state index is 13.9. The van der Waals surface area contributed by atoms with E-state index in [1.807, 2.05) is 0 Å². The highest BCUT2D eigenvalue weighted by molar-refractivity contribution is 7.89. The third-order valence-electron chi connectivity index (χ3n) is 4.83. The summed E-state index contributed by atoms with van der Waals surface area (Å²) in [7, 11) is -2.53. The van der Waals surface area contributed by atoms with Crippen LogP contribution in [0.1, 0.15) is 23.4 Å². The molecule has 1 aromatic carbocycles. The summed E-state index contributed by atoms with van der Waals surface area (Å²) in [6.45, 7) is 1.02. The van der Waals surface area contributed by atoms with Gasteiger partial charge in [0.25, 0.3) is 0 Å². The van der Waals surface area contributed by atoms with Gasteiger partial charge in [-0.1, -0.05) is 11.3 Å². The zero-order valence-corrected chi connectivity index (χ0v) is 15.7. The molecule has 0 spiro atoms. The molecule has 2 N–H and O–H groups in total. The lowest BCUT2D eigenvalue weighted by molar-refractivity contribution is 0.415. The van der Waals surface area contributed by atoms with Crippen molar-refractivity contribution < 1.29 is 12.8 Å². The normalized spacial score (nSPS) is 16.3. The Morgan fingerprint density at radius 2 is 2.04 bits per heavy atom. The molecule has 0 saturated heterocycles. The zero-order chi connectivity index (χ0) is 18.9. The van der Waals surface area contributed by atoms with E-state index in [2.05, 4.69) is 10.2 Å². The molecule has 3 aromatic rings. The van der Waals surface area contributed by atoms with Gasteiger partial charge in [0.2, 0.25) is 15.2 Å². The maximum Gasteiger partial charge on any atom is 0.335 e. The number of alkyl halides is 1. The number of hydrogen-bond acceptors (Lipinski definition) is 6. The lowest BCUT2D eigenvalue weighted by atomic mass is 9.95. The van der Waals surface area contributed by atoms with Crippen LogP contribution in [-0.2, 0) is 22.5 Å². The average Bonchev–Trinajstić information content (AvgIpc) is 3.20. The molecule has 4 rings (SSSR count). The topological polar surface area (TPSA) is 113 Å². The quantitative estimate of drug-likeness (QED) is 0.709. The molecule has 1 fully saturated rings. The number of imidazole rings is 1. The van der Waals surface area contributed by atoms with Crippen LogP contribution in [0.15, 0.2) is 21.8 Å². The molecule has 1 aliphatic rings. The van der Waals surface area contributed by atoms with Gasteiger partial charge in [-0.05, 0) is 31.9 Å². The molecular weight excluding hydrogens is 381 g/mol. The largest absolute Gasteiger partial charge is 0.335 e. The smallest absolute Gasteiger partial charge is 0.295 e. The van der Waals surface area contributed by atoms with Crippen molar-refractivity contribution in [1.82, 2.24) is 19.3 Å². The Morgan fingerprint density at radius 1 is 1.35 bits per heavy atom. The molecule has 2 heterocycles. The van der Waals surface area contributed by atoms with Gasteiger partial charge >= 0.3 is 5.69 Å². The third kappa shape index (κ3) is 2.34. The van der Waals surface area contributed by atoms with Gasteiger partial charge in [0.15, 0.2) is 0 Å². The van der Waals surface area contributed by atoms with Gasteiger partial charge in [-0.3, -0.25) is 8.96 Å². The Kier molecular flexibility index (Phi) is 3.62. The highest BCUT2D eigenvalue weighted by Gasteiger charge is 2.49. The number of benzene rings is 1. The van der Waals surface area contributed by atoms with Crippen molar-refractivity contribution >= 4 is 32.4 Å². The first-order chi connectivity index (χ1) is 12.2. The summed E-state index contributed by atoms with van der Waals surface area (Å²) in [5.74, 6) is 0. The van der Waals surface area contributed by atoms with Gasteiger partial charge in [-0.15, -0.1) is 10.2 Å². The Hall–Kier alpha value is -2.11. The molecular formula is C15H16FN5O3S2. The fourth-order valence-corrected chi connectivity index (χ4v) is 4.86.